The molecule has 0 heterocycles. The predicted molar refractivity (Wildman–Crippen MR) is 65.6 cm³/mol. The SMILES string of the molecule is COCCOCCN[C@H](C)c1ccccc1. The van der Waals surface area contributed by atoms with Gasteiger partial charge in [0, 0.05) is 19.7 Å². The van der Waals surface area contributed by atoms with E-state index in [2.05, 4.69) is 36.5 Å². The van der Waals surface area contributed by atoms with Crippen LogP contribution < -0.4 is 5.32 Å². The van der Waals surface area contributed by atoms with Crippen LogP contribution >= 0.6 is 0 Å². The fourth-order valence-electron chi connectivity index (χ4n) is 1.45. The molecule has 1 N–H and O–H groups in total. The minimum absolute atomic E-state index is 0.368. The van der Waals surface area contributed by atoms with Crippen LogP contribution in [0.1, 0.15) is 18.5 Å². The molecule has 0 amide bonds. The van der Waals surface area contributed by atoms with Crippen LogP contribution in [0.3, 0.4) is 0 Å². The largest absolute Gasteiger partial charge is 0.382 e. The predicted octanol–water partition coefficient (Wildman–Crippen LogP) is 2.00. The summed E-state index contributed by atoms with van der Waals surface area (Å²) in [6, 6.07) is 10.8. The Balaban J connectivity index is 2.09. The van der Waals surface area contributed by atoms with Crippen LogP contribution in [0.4, 0.5) is 0 Å². The molecule has 0 saturated carbocycles. The molecule has 0 aliphatic carbocycles. The van der Waals surface area contributed by atoms with Crippen LogP contribution in [-0.2, 0) is 9.47 Å². The number of ether oxygens (including phenoxy) is 2. The van der Waals surface area contributed by atoms with Gasteiger partial charge >= 0.3 is 0 Å². The third-order valence-corrected chi connectivity index (χ3v) is 2.43. The van der Waals surface area contributed by atoms with Crippen LogP contribution in [0.25, 0.3) is 0 Å². The van der Waals surface area contributed by atoms with Crippen LogP contribution in [0.2, 0.25) is 0 Å². The second-order valence-electron chi connectivity index (χ2n) is 3.69. The molecular weight excluding hydrogens is 202 g/mol. The Kier molecular flexibility index (Phi) is 6.81. The van der Waals surface area contributed by atoms with Crippen molar-refractivity contribution in [2.75, 3.05) is 33.5 Å². The van der Waals surface area contributed by atoms with Crippen molar-refractivity contribution in [3.05, 3.63) is 35.9 Å². The number of benzene rings is 1. The topological polar surface area (TPSA) is 30.5 Å². The monoisotopic (exact) mass is 223 g/mol. The molecule has 1 atom stereocenters. The van der Waals surface area contributed by atoms with Gasteiger partial charge in [-0.05, 0) is 12.5 Å². The van der Waals surface area contributed by atoms with Crippen LogP contribution in [0.5, 0.6) is 0 Å². The summed E-state index contributed by atoms with van der Waals surface area (Å²) in [6.07, 6.45) is 0. The zero-order valence-corrected chi connectivity index (χ0v) is 10.1. The zero-order valence-electron chi connectivity index (χ0n) is 10.1. The van der Waals surface area contributed by atoms with Crippen molar-refractivity contribution >= 4 is 0 Å². The number of hydrogen-bond acceptors (Lipinski definition) is 3. The highest BCUT2D eigenvalue weighted by Gasteiger charge is 2.02. The van der Waals surface area contributed by atoms with E-state index < -0.39 is 0 Å². The molecule has 1 aromatic rings. The zero-order chi connectivity index (χ0) is 11.6. The van der Waals surface area contributed by atoms with Crippen LogP contribution in [0.15, 0.2) is 30.3 Å². The molecular formula is C13H21NO2. The molecule has 0 saturated heterocycles. The second-order valence-corrected chi connectivity index (χ2v) is 3.69. The maximum absolute atomic E-state index is 5.37. The molecule has 0 aliphatic heterocycles. The summed E-state index contributed by atoms with van der Waals surface area (Å²) >= 11 is 0. The molecule has 90 valence electrons. The maximum Gasteiger partial charge on any atom is 0.0700 e. The maximum atomic E-state index is 5.37. The van der Waals surface area contributed by atoms with E-state index in [1.807, 2.05) is 6.07 Å². The van der Waals surface area contributed by atoms with Crippen molar-refractivity contribution in [3.8, 4) is 0 Å². The van der Waals surface area contributed by atoms with Gasteiger partial charge in [-0.2, -0.15) is 0 Å². The molecule has 0 spiro atoms. The van der Waals surface area contributed by atoms with Gasteiger partial charge in [0.25, 0.3) is 0 Å². The summed E-state index contributed by atoms with van der Waals surface area (Å²) in [5.74, 6) is 0. The lowest BCUT2D eigenvalue weighted by molar-refractivity contribution is 0.0712. The first-order chi connectivity index (χ1) is 7.84. The van der Waals surface area contributed by atoms with E-state index in [1.165, 1.54) is 5.56 Å². The fourth-order valence-corrected chi connectivity index (χ4v) is 1.45. The summed E-state index contributed by atoms with van der Waals surface area (Å²) in [4.78, 5) is 0. The van der Waals surface area contributed by atoms with Gasteiger partial charge in [-0.15, -0.1) is 0 Å². The quantitative estimate of drug-likeness (QED) is 0.684. The van der Waals surface area contributed by atoms with Crippen molar-refractivity contribution in [3.63, 3.8) is 0 Å². The summed E-state index contributed by atoms with van der Waals surface area (Å²) in [5.41, 5.74) is 1.30. The van der Waals surface area contributed by atoms with Crippen LogP contribution in [0, 0.1) is 0 Å². The molecule has 16 heavy (non-hydrogen) atoms. The van der Waals surface area contributed by atoms with Gasteiger partial charge in [0.2, 0.25) is 0 Å². The van der Waals surface area contributed by atoms with E-state index in [0.717, 1.165) is 13.2 Å². The van der Waals surface area contributed by atoms with E-state index in [1.54, 1.807) is 7.11 Å². The Morgan fingerprint density at radius 1 is 1.12 bits per heavy atom. The van der Waals surface area contributed by atoms with E-state index in [9.17, 15) is 0 Å². The van der Waals surface area contributed by atoms with E-state index in [4.69, 9.17) is 9.47 Å². The van der Waals surface area contributed by atoms with E-state index in [0.29, 0.717) is 19.3 Å². The Morgan fingerprint density at radius 2 is 1.88 bits per heavy atom. The van der Waals surface area contributed by atoms with Gasteiger partial charge in [0.1, 0.15) is 0 Å². The molecule has 3 heteroatoms. The first-order valence-corrected chi connectivity index (χ1v) is 5.69. The highest BCUT2D eigenvalue weighted by atomic mass is 16.5. The summed E-state index contributed by atoms with van der Waals surface area (Å²) in [5, 5.41) is 3.41. The molecule has 1 rings (SSSR count). The second kappa shape index (κ2) is 8.28. The Morgan fingerprint density at radius 3 is 2.56 bits per heavy atom. The first-order valence-electron chi connectivity index (χ1n) is 5.69. The third-order valence-electron chi connectivity index (χ3n) is 2.43. The minimum atomic E-state index is 0.368. The molecule has 0 aliphatic rings. The van der Waals surface area contributed by atoms with Crippen molar-refractivity contribution in [1.29, 1.82) is 0 Å². The van der Waals surface area contributed by atoms with Gasteiger partial charge in [0.05, 0.1) is 19.8 Å². The van der Waals surface area contributed by atoms with Gasteiger partial charge in [-0.3, -0.25) is 0 Å². The van der Waals surface area contributed by atoms with Gasteiger partial charge in [0.15, 0.2) is 0 Å². The molecule has 0 radical (unpaired) electrons. The first kappa shape index (κ1) is 13.2. The molecule has 0 fully saturated rings. The molecule has 3 nitrogen and oxygen atoms in total. The Bertz CT molecular complexity index is 264. The summed E-state index contributed by atoms with van der Waals surface area (Å²) < 4.78 is 10.3. The molecule has 1 aromatic carbocycles. The van der Waals surface area contributed by atoms with Crippen molar-refractivity contribution in [2.24, 2.45) is 0 Å². The van der Waals surface area contributed by atoms with E-state index >= 15 is 0 Å². The van der Waals surface area contributed by atoms with E-state index in [-0.39, 0.29) is 0 Å². The van der Waals surface area contributed by atoms with Crippen LogP contribution in [-0.4, -0.2) is 33.5 Å². The lowest BCUT2D eigenvalue weighted by Crippen LogP contribution is -2.23. The highest BCUT2D eigenvalue weighted by Crippen LogP contribution is 2.10. The average molecular weight is 223 g/mol. The lowest BCUT2D eigenvalue weighted by Gasteiger charge is -2.14. The normalized spacial score (nSPS) is 12.6. The molecule has 0 aromatic heterocycles. The summed E-state index contributed by atoms with van der Waals surface area (Å²) in [6.45, 7) is 5.07. The van der Waals surface area contributed by atoms with Gasteiger partial charge in [-0.1, -0.05) is 30.3 Å². The smallest absolute Gasteiger partial charge is 0.0700 e. The molecule has 0 unspecified atom stereocenters. The summed E-state index contributed by atoms with van der Waals surface area (Å²) in [7, 11) is 1.68. The number of methoxy groups -OCH3 is 1. The van der Waals surface area contributed by atoms with Gasteiger partial charge < -0.3 is 14.8 Å². The highest BCUT2D eigenvalue weighted by molar-refractivity contribution is 5.17. The van der Waals surface area contributed by atoms with Gasteiger partial charge in [-0.25, -0.2) is 0 Å². The molecule has 0 bridgehead atoms. The van der Waals surface area contributed by atoms with Crippen molar-refractivity contribution in [1.82, 2.24) is 5.32 Å². The Labute approximate surface area is 97.8 Å². The number of hydrogen-bond donors (Lipinski definition) is 1. The standard InChI is InChI=1S/C13H21NO2/c1-12(13-6-4-3-5-7-13)14-8-9-16-11-10-15-2/h3-7,12,14H,8-11H2,1-2H3/t12-/m1/s1. The fraction of sp³-hybridized carbons (Fsp3) is 0.538. The third kappa shape index (κ3) is 5.26. The Hall–Kier alpha value is -0.900. The minimum Gasteiger partial charge on any atom is -0.382 e. The average Bonchev–Trinajstić information content (AvgIpc) is 2.34. The number of nitrogens with one attached hydrogen (secondary N) is 1. The lowest BCUT2D eigenvalue weighted by atomic mass is 10.1. The van der Waals surface area contributed by atoms with Crippen molar-refractivity contribution in [2.45, 2.75) is 13.0 Å². The number of rotatable bonds is 8. The van der Waals surface area contributed by atoms with Crippen molar-refractivity contribution < 1.29 is 9.47 Å².